The first-order valence-corrected chi connectivity index (χ1v) is 5.82. The van der Waals surface area contributed by atoms with Crippen molar-refractivity contribution in [3.05, 3.63) is 0 Å². The summed E-state index contributed by atoms with van der Waals surface area (Å²) in [4.78, 5) is 13.7. The number of carbonyl (C=O) groups is 1. The lowest BCUT2D eigenvalue weighted by atomic mass is 10.2. The molecule has 0 atom stereocenters. The highest BCUT2D eigenvalue weighted by Crippen LogP contribution is 2.05. The zero-order valence-electron chi connectivity index (χ0n) is 9.09. The fraction of sp³-hybridized carbons (Fsp3) is 0.900. The largest absolute Gasteiger partial charge is 0.337 e. The first-order chi connectivity index (χ1) is 7.34. The van der Waals surface area contributed by atoms with Gasteiger partial charge in [-0.1, -0.05) is 0 Å². The minimum Gasteiger partial charge on any atom is -0.337 e. The molecule has 5 heteroatoms. The number of rotatable bonds is 4. The van der Waals surface area contributed by atoms with Crippen molar-refractivity contribution in [1.82, 2.24) is 20.9 Å². The van der Waals surface area contributed by atoms with E-state index in [0.717, 1.165) is 26.2 Å². The van der Waals surface area contributed by atoms with Gasteiger partial charge in [-0.25, -0.2) is 4.79 Å². The second kappa shape index (κ2) is 5.32. The zero-order valence-corrected chi connectivity index (χ0v) is 9.09. The van der Waals surface area contributed by atoms with Gasteiger partial charge in [0.15, 0.2) is 0 Å². The number of nitrogens with one attached hydrogen (secondary N) is 3. The number of likely N-dealkylation sites (tertiary alicyclic amines) is 1. The lowest BCUT2D eigenvalue weighted by Gasteiger charge is -2.28. The summed E-state index contributed by atoms with van der Waals surface area (Å²) < 4.78 is 0. The summed E-state index contributed by atoms with van der Waals surface area (Å²) in [5.74, 6) is 0. The lowest BCUT2D eigenvalue weighted by Crippen LogP contribution is -2.59. The summed E-state index contributed by atoms with van der Waals surface area (Å²) in [5.41, 5.74) is 0. The maximum Gasteiger partial charge on any atom is 0.315 e. The molecule has 0 saturated carbocycles. The minimum atomic E-state index is -0.0271. The summed E-state index contributed by atoms with van der Waals surface area (Å²) in [7, 11) is 0. The van der Waals surface area contributed by atoms with Crippen LogP contribution in [-0.2, 0) is 0 Å². The molecule has 0 aromatic heterocycles. The summed E-state index contributed by atoms with van der Waals surface area (Å²) in [5, 5.41) is 8.92. The Morgan fingerprint density at radius 1 is 1.33 bits per heavy atom. The summed E-state index contributed by atoms with van der Waals surface area (Å²) >= 11 is 0. The topological polar surface area (TPSA) is 56.4 Å². The van der Waals surface area contributed by atoms with Gasteiger partial charge >= 0.3 is 6.03 Å². The molecule has 2 heterocycles. The van der Waals surface area contributed by atoms with Crippen LogP contribution in [0, 0.1) is 0 Å². The average molecular weight is 212 g/mol. The third-order valence-corrected chi connectivity index (χ3v) is 3.03. The predicted molar refractivity (Wildman–Crippen MR) is 58.9 cm³/mol. The molecule has 2 aliphatic heterocycles. The Bertz CT molecular complexity index is 211. The molecule has 0 spiro atoms. The molecule has 0 aromatic carbocycles. The smallest absolute Gasteiger partial charge is 0.315 e. The lowest BCUT2D eigenvalue weighted by molar-refractivity contribution is 0.229. The Morgan fingerprint density at radius 3 is 2.67 bits per heavy atom. The van der Waals surface area contributed by atoms with Gasteiger partial charge in [-0.05, 0) is 25.9 Å². The first kappa shape index (κ1) is 10.7. The van der Waals surface area contributed by atoms with E-state index in [2.05, 4.69) is 20.9 Å². The second-order valence-corrected chi connectivity index (χ2v) is 4.30. The molecule has 86 valence electrons. The zero-order chi connectivity index (χ0) is 10.5. The van der Waals surface area contributed by atoms with Gasteiger partial charge in [-0.15, -0.1) is 0 Å². The third kappa shape index (κ3) is 3.35. The molecule has 2 fully saturated rings. The fourth-order valence-electron chi connectivity index (χ4n) is 1.96. The van der Waals surface area contributed by atoms with E-state index in [9.17, 15) is 4.79 Å². The Hall–Kier alpha value is -0.810. The van der Waals surface area contributed by atoms with Crippen molar-refractivity contribution in [2.45, 2.75) is 18.9 Å². The maximum absolute atomic E-state index is 11.4. The van der Waals surface area contributed by atoms with Crippen molar-refractivity contribution in [2.75, 3.05) is 39.3 Å². The molecule has 0 radical (unpaired) electrons. The molecule has 0 bridgehead atoms. The number of carbonyl (C=O) groups excluding carboxylic acids is 1. The van der Waals surface area contributed by atoms with Crippen molar-refractivity contribution in [1.29, 1.82) is 0 Å². The van der Waals surface area contributed by atoms with Gasteiger partial charge in [0.1, 0.15) is 0 Å². The van der Waals surface area contributed by atoms with Crippen LogP contribution in [0.3, 0.4) is 0 Å². The van der Waals surface area contributed by atoms with E-state index < -0.39 is 0 Å². The van der Waals surface area contributed by atoms with E-state index in [4.69, 9.17) is 0 Å². The van der Waals surface area contributed by atoms with Gasteiger partial charge in [0.05, 0.1) is 6.04 Å². The highest BCUT2D eigenvalue weighted by molar-refractivity contribution is 5.74. The van der Waals surface area contributed by atoms with Gasteiger partial charge in [0.25, 0.3) is 0 Å². The highest BCUT2D eigenvalue weighted by Gasteiger charge is 2.18. The van der Waals surface area contributed by atoms with Crippen LogP contribution in [0.15, 0.2) is 0 Å². The molecule has 3 N–H and O–H groups in total. The van der Waals surface area contributed by atoms with Crippen LogP contribution in [0.2, 0.25) is 0 Å². The molecule has 2 amide bonds. The molecular weight excluding hydrogens is 192 g/mol. The Balaban J connectivity index is 1.50. The Labute approximate surface area is 90.6 Å². The van der Waals surface area contributed by atoms with Gasteiger partial charge in [-0.2, -0.15) is 0 Å². The van der Waals surface area contributed by atoms with E-state index in [0.29, 0.717) is 6.04 Å². The molecule has 2 rings (SSSR count). The van der Waals surface area contributed by atoms with Crippen LogP contribution in [0.25, 0.3) is 0 Å². The van der Waals surface area contributed by atoms with Crippen LogP contribution < -0.4 is 16.0 Å². The van der Waals surface area contributed by atoms with Crippen LogP contribution in [0.1, 0.15) is 12.8 Å². The van der Waals surface area contributed by atoms with Crippen molar-refractivity contribution in [2.24, 2.45) is 0 Å². The second-order valence-electron chi connectivity index (χ2n) is 4.30. The van der Waals surface area contributed by atoms with Gasteiger partial charge in [-0.3, -0.25) is 0 Å². The van der Waals surface area contributed by atoms with Crippen LogP contribution >= 0.6 is 0 Å². The number of nitrogens with zero attached hydrogens (tertiary/aromatic N) is 1. The molecule has 2 saturated heterocycles. The average Bonchev–Trinajstić information content (AvgIpc) is 2.64. The molecule has 0 aliphatic carbocycles. The predicted octanol–water partition coefficient (Wildman–Crippen LogP) is -0.647. The Morgan fingerprint density at radius 2 is 2.07 bits per heavy atom. The van der Waals surface area contributed by atoms with Crippen LogP contribution in [0.4, 0.5) is 4.79 Å². The van der Waals surface area contributed by atoms with E-state index in [-0.39, 0.29) is 6.03 Å². The van der Waals surface area contributed by atoms with Crippen molar-refractivity contribution in [3.63, 3.8) is 0 Å². The van der Waals surface area contributed by atoms with Crippen molar-refractivity contribution in [3.8, 4) is 0 Å². The van der Waals surface area contributed by atoms with Gasteiger partial charge < -0.3 is 20.9 Å². The number of hydrogen-bond donors (Lipinski definition) is 3. The van der Waals surface area contributed by atoms with Gasteiger partial charge in [0.2, 0.25) is 0 Å². The van der Waals surface area contributed by atoms with E-state index in [1.807, 2.05) is 0 Å². The summed E-state index contributed by atoms with van der Waals surface area (Å²) in [6.45, 7) is 5.92. The molecule has 0 unspecified atom stereocenters. The number of amides is 2. The number of hydrogen-bond acceptors (Lipinski definition) is 3. The summed E-state index contributed by atoms with van der Waals surface area (Å²) in [6.07, 6.45) is 2.61. The third-order valence-electron chi connectivity index (χ3n) is 3.03. The monoisotopic (exact) mass is 212 g/mol. The van der Waals surface area contributed by atoms with E-state index in [1.54, 1.807) is 0 Å². The Kier molecular flexibility index (Phi) is 3.80. The molecule has 5 nitrogen and oxygen atoms in total. The fourth-order valence-corrected chi connectivity index (χ4v) is 1.96. The quantitative estimate of drug-likeness (QED) is 0.580. The summed E-state index contributed by atoms with van der Waals surface area (Å²) in [6, 6.07) is 0.303. The normalized spacial score (nSPS) is 22.4. The van der Waals surface area contributed by atoms with Crippen LogP contribution in [0.5, 0.6) is 0 Å². The molecule has 15 heavy (non-hydrogen) atoms. The van der Waals surface area contributed by atoms with Gasteiger partial charge in [0, 0.05) is 26.2 Å². The van der Waals surface area contributed by atoms with E-state index >= 15 is 0 Å². The molecule has 2 aliphatic rings. The van der Waals surface area contributed by atoms with Crippen molar-refractivity contribution < 1.29 is 4.79 Å². The highest BCUT2D eigenvalue weighted by atomic mass is 16.2. The number of urea groups is 1. The van der Waals surface area contributed by atoms with Crippen LogP contribution in [-0.4, -0.2) is 56.2 Å². The van der Waals surface area contributed by atoms with Crippen molar-refractivity contribution >= 4 is 6.03 Å². The maximum atomic E-state index is 11.4. The SMILES string of the molecule is O=C(NCCN1CCCC1)NC1CNC1. The first-order valence-electron chi connectivity index (χ1n) is 5.82. The molecular formula is C10H20N4O. The van der Waals surface area contributed by atoms with E-state index in [1.165, 1.54) is 25.9 Å². The minimum absolute atomic E-state index is 0.0271. The molecule has 0 aromatic rings. The standard InChI is InChI=1S/C10H20N4O/c15-10(13-9-7-11-8-9)12-3-6-14-4-1-2-5-14/h9,11H,1-8H2,(H2,12,13,15).